The van der Waals surface area contributed by atoms with E-state index in [2.05, 4.69) is 34.4 Å². The van der Waals surface area contributed by atoms with Gasteiger partial charge in [-0.3, -0.25) is 9.69 Å². The molecule has 11 heteroatoms. The number of benzene rings is 1. The van der Waals surface area contributed by atoms with E-state index < -0.39 is 0 Å². The molecule has 220 valence electrons. The van der Waals surface area contributed by atoms with Gasteiger partial charge in [0.25, 0.3) is 0 Å². The summed E-state index contributed by atoms with van der Waals surface area (Å²) in [5.41, 5.74) is 4.02. The van der Waals surface area contributed by atoms with E-state index in [1.54, 1.807) is 17.0 Å². The van der Waals surface area contributed by atoms with Crippen molar-refractivity contribution in [2.75, 3.05) is 44.7 Å². The molecule has 1 aromatic carbocycles. The van der Waals surface area contributed by atoms with Gasteiger partial charge in [0.1, 0.15) is 27.9 Å². The number of rotatable bonds is 9. The van der Waals surface area contributed by atoms with Crippen molar-refractivity contribution in [2.24, 2.45) is 4.99 Å². The van der Waals surface area contributed by atoms with E-state index in [0.29, 0.717) is 53.5 Å². The lowest BCUT2D eigenvalue weighted by molar-refractivity contribution is -0.142. The molecule has 0 bridgehead atoms. The number of β-amino-alcohol motifs (C(OH)–C–C–N with tert-alkyl or cyclic N) is 1. The number of hydrogen-bond acceptors (Lipinski definition) is 8. The molecular weight excluding hydrogens is 553 g/mol. The quantitative estimate of drug-likeness (QED) is 0.406. The molecule has 2 saturated heterocycles. The third-order valence-corrected chi connectivity index (χ3v) is 8.94. The number of pyridine rings is 1. The number of piperidine rings is 1. The number of allylic oxidation sites excluding steroid dienone is 1. The summed E-state index contributed by atoms with van der Waals surface area (Å²) in [7, 11) is 1.93. The van der Waals surface area contributed by atoms with Gasteiger partial charge in [-0.25, -0.2) is 14.4 Å². The Labute approximate surface area is 249 Å². The molecule has 42 heavy (non-hydrogen) atoms. The van der Waals surface area contributed by atoms with Crippen molar-refractivity contribution in [2.45, 2.75) is 44.9 Å². The molecule has 0 radical (unpaired) electrons. The molecule has 0 atom stereocenters. The maximum absolute atomic E-state index is 13.5. The summed E-state index contributed by atoms with van der Waals surface area (Å²) in [6, 6.07) is 12.4. The molecule has 2 fully saturated rings. The SMILES string of the molecule is C=C(CC)/N=c1/ccc(C2CCN(CC(=O)N3CC(O)C3)CC2)cn1CN(C)c1nc(-c2ccc(F)cc2)c(C#N)s1. The zero-order chi connectivity index (χ0) is 29.8. The van der Waals surface area contributed by atoms with Crippen LogP contribution >= 0.6 is 11.3 Å². The van der Waals surface area contributed by atoms with Crippen molar-refractivity contribution >= 4 is 22.4 Å². The van der Waals surface area contributed by atoms with Crippen LogP contribution in [0.2, 0.25) is 0 Å². The van der Waals surface area contributed by atoms with Crippen molar-refractivity contribution in [1.82, 2.24) is 19.4 Å². The summed E-state index contributed by atoms with van der Waals surface area (Å²) >= 11 is 1.30. The van der Waals surface area contributed by atoms with Gasteiger partial charge in [-0.1, -0.05) is 30.9 Å². The van der Waals surface area contributed by atoms with E-state index in [9.17, 15) is 19.6 Å². The number of amides is 1. The number of anilines is 1. The van der Waals surface area contributed by atoms with Crippen LogP contribution in [-0.2, 0) is 11.5 Å². The summed E-state index contributed by atoms with van der Waals surface area (Å²) in [5.74, 6) is 0.112. The zero-order valence-corrected chi connectivity index (χ0v) is 24.9. The monoisotopic (exact) mass is 589 g/mol. The summed E-state index contributed by atoms with van der Waals surface area (Å²) < 4.78 is 15.6. The second kappa shape index (κ2) is 13.0. The number of aliphatic hydroxyl groups is 1. The summed E-state index contributed by atoms with van der Waals surface area (Å²) in [6.45, 7) is 9.52. The number of nitriles is 1. The van der Waals surface area contributed by atoms with Gasteiger partial charge in [0, 0.05) is 37.6 Å². The molecule has 1 N–H and O–H groups in total. The first kappa shape index (κ1) is 29.6. The second-order valence-corrected chi connectivity index (χ2v) is 11.9. The third-order valence-electron chi connectivity index (χ3n) is 7.86. The Kier molecular flexibility index (Phi) is 9.16. The van der Waals surface area contributed by atoms with Gasteiger partial charge in [-0.15, -0.1) is 0 Å². The number of hydrogen-bond donors (Lipinski definition) is 1. The van der Waals surface area contributed by atoms with Gasteiger partial charge >= 0.3 is 0 Å². The summed E-state index contributed by atoms with van der Waals surface area (Å²) in [5, 5.41) is 19.9. The molecule has 4 heterocycles. The van der Waals surface area contributed by atoms with Crippen LogP contribution in [0.3, 0.4) is 0 Å². The lowest BCUT2D eigenvalue weighted by atomic mass is 9.90. The second-order valence-electron chi connectivity index (χ2n) is 11.0. The number of nitrogens with zero attached hydrogens (tertiary/aromatic N) is 7. The fraction of sp³-hybridized carbons (Fsp3) is 0.419. The van der Waals surface area contributed by atoms with Gasteiger partial charge in [0.05, 0.1) is 19.3 Å². The Morgan fingerprint density at radius 2 is 1.95 bits per heavy atom. The number of likely N-dealkylation sites (tertiary alicyclic amines) is 2. The topological polar surface area (TPSA) is 101 Å². The minimum Gasteiger partial charge on any atom is -0.389 e. The molecule has 5 rings (SSSR count). The average molecular weight is 590 g/mol. The predicted molar refractivity (Wildman–Crippen MR) is 161 cm³/mol. The molecule has 1 amide bonds. The maximum atomic E-state index is 13.5. The molecule has 9 nitrogen and oxygen atoms in total. The lowest BCUT2D eigenvalue weighted by Gasteiger charge is -2.38. The number of aliphatic hydroxyl groups excluding tert-OH is 1. The summed E-state index contributed by atoms with van der Waals surface area (Å²) in [4.78, 5) is 28.3. The van der Waals surface area contributed by atoms with Crippen LogP contribution in [0.4, 0.5) is 9.52 Å². The van der Waals surface area contributed by atoms with Crippen LogP contribution in [0.15, 0.2) is 59.9 Å². The Morgan fingerprint density at radius 1 is 1.24 bits per heavy atom. The van der Waals surface area contributed by atoms with E-state index in [0.717, 1.165) is 43.5 Å². The molecule has 2 aromatic heterocycles. The Bertz CT molecular complexity index is 1540. The number of aromatic nitrogens is 2. The Hall–Kier alpha value is -3.85. The molecule has 0 spiro atoms. The standard InChI is InChI=1S/C31H36FN7O2S/c1-4-21(2)34-28-10-7-24(22-11-13-37(14-12-22)19-29(41)38-17-26(40)18-38)16-39(28)20-36(3)31-35-30(27(15-33)42-31)23-5-8-25(32)9-6-23/h5-10,16,22,26,40H,2,4,11-14,17-20H2,1,3H3/b34-28-. The Balaban J connectivity index is 1.33. The molecule has 2 aliphatic rings. The van der Waals surface area contributed by atoms with E-state index in [-0.39, 0.29) is 17.8 Å². The first-order chi connectivity index (χ1) is 20.2. The van der Waals surface area contributed by atoms with E-state index in [4.69, 9.17) is 9.98 Å². The molecule has 2 aliphatic heterocycles. The fourth-order valence-corrected chi connectivity index (χ4v) is 6.11. The highest BCUT2D eigenvalue weighted by Gasteiger charge is 2.31. The molecular formula is C31H36FN7O2S. The van der Waals surface area contributed by atoms with Crippen LogP contribution in [0.1, 0.15) is 42.5 Å². The van der Waals surface area contributed by atoms with Gasteiger partial charge < -0.3 is 19.5 Å². The fourth-order valence-electron chi connectivity index (χ4n) is 5.27. The van der Waals surface area contributed by atoms with E-state index in [1.165, 1.54) is 29.0 Å². The molecule has 0 aliphatic carbocycles. The van der Waals surface area contributed by atoms with Crippen molar-refractivity contribution in [3.05, 3.63) is 76.6 Å². The highest BCUT2D eigenvalue weighted by atomic mass is 32.1. The van der Waals surface area contributed by atoms with Crippen molar-refractivity contribution in [3.8, 4) is 17.3 Å². The first-order valence-electron chi connectivity index (χ1n) is 14.2. The minimum atomic E-state index is -0.379. The zero-order valence-electron chi connectivity index (χ0n) is 24.0. The van der Waals surface area contributed by atoms with E-state index >= 15 is 0 Å². The van der Waals surface area contributed by atoms with Crippen LogP contribution in [0.25, 0.3) is 11.3 Å². The molecule has 0 saturated carbocycles. The van der Waals surface area contributed by atoms with Gasteiger partial charge in [0.2, 0.25) is 5.91 Å². The van der Waals surface area contributed by atoms with E-state index in [1.807, 2.05) is 24.9 Å². The highest BCUT2D eigenvalue weighted by molar-refractivity contribution is 7.16. The van der Waals surface area contributed by atoms with Gasteiger partial charge in [0.15, 0.2) is 5.13 Å². The molecule has 3 aromatic rings. The third kappa shape index (κ3) is 6.78. The number of thiazole rings is 1. The largest absolute Gasteiger partial charge is 0.389 e. The van der Waals surface area contributed by atoms with Gasteiger partial charge in [-0.05, 0) is 74.2 Å². The van der Waals surface area contributed by atoms with Crippen LogP contribution in [0.5, 0.6) is 0 Å². The normalized spacial score (nSPS) is 16.7. The van der Waals surface area contributed by atoms with Crippen LogP contribution < -0.4 is 10.4 Å². The van der Waals surface area contributed by atoms with Crippen LogP contribution in [-0.4, -0.2) is 76.2 Å². The van der Waals surface area contributed by atoms with Crippen molar-refractivity contribution in [1.29, 1.82) is 5.26 Å². The summed E-state index contributed by atoms with van der Waals surface area (Å²) in [6.07, 6.45) is 4.40. The lowest BCUT2D eigenvalue weighted by Crippen LogP contribution is -2.56. The van der Waals surface area contributed by atoms with Crippen LogP contribution in [0, 0.1) is 17.1 Å². The predicted octanol–water partition coefficient (Wildman–Crippen LogP) is 3.92. The smallest absolute Gasteiger partial charge is 0.236 e. The first-order valence-corrected chi connectivity index (χ1v) is 15.0. The molecule has 0 unspecified atom stereocenters. The van der Waals surface area contributed by atoms with Gasteiger partial charge in [-0.2, -0.15) is 5.26 Å². The number of halogens is 1. The number of carbonyl (C=O) groups is 1. The number of carbonyl (C=O) groups excluding carboxylic acids is 1. The van der Waals surface area contributed by atoms with Crippen molar-refractivity contribution < 1.29 is 14.3 Å². The minimum absolute atomic E-state index is 0.0890. The van der Waals surface area contributed by atoms with Crippen molar-refractivity contribution in [3.63, 3.8) is 0 Å². The average Bonchev–Trinajstić information content (AvgIpc) is 3.42. The maximum Gasteiger partial charge on any atom is 0.236 e. The Morgan fingerprint density at radius 3 is 2.60 bits per heavy atom. The highest BCUT2D eigenvalue weighted by Crippen LogP contribution is 2.33.